The van der Waals surface area contributed by atoms with E-state index in [2.05, 4.69) is 113 Å². The first-order chi connectivity index (χ1) is 11.1. The molecule has 1 nitrogen and oxygen atoms in total. The maximum Gasteiger partial charge on any atom is 0.0646 e. The van der Waals surface area contributed by atoms with E-state index in [0.29, 0.717) is 0 Å². The molecule has 2 heteroatoms. The molecule has 0 saturated carbocycles. The molecule has 4 rings (SSSR count). The molecule has 0 fully saturated rings. The SMILES string of the molecule is CC1(C)c2ccccc2-c2ccc(N(I)c3ccccc3)cc21. The summed E-state index contributed by atoms with van der Waals surface area (Å²) in [7, 11) is 0. The number of hydrogen-bond acceptors (Lipinski definition) is 1. The van der Waals surface area contributed by atoms with E-state index < -0.39 is 0 Å². The highest BCUT2D eigenvalue weighted by Gasteiger charge is 2.35. The van der Waals surface area contributed by atoms with Gasteiger partial charge in [-0.05, 0) is 46.5 Å². The molecular weight excluding hydrogens is 393 g/mol. The van der Waals surface area contributed by atoms with Gasteiger partial charge in [0.25, 0.3) is 0 Å². The van der Waals surface area contributed by atoms with Gasteiger partial charge in [-0.1, -0.05) is 62.4 Å². The van der Waals surface area contributed by atoms with Crippen molar-refractivity contribution in [3.05, 3.63) is 83.9 Å². The lowest BCUT2D eigenvalue weighted by Crippen LogP contribution is -2.15. The summed E-state index contributed by atoms with van der Waals surface area (Å²) in [4.78, 5) is 0. The molecule has 114 valence electrons. The molecule has 0 N–H and O–H groups in total. The Labute approximate surface area is 151 Å². The molecule has 0 unspecified atom stereocenters. The lowest BCUT2D eigenvalue weighted by atomic mass is 9.82. The minimum atomic E-state index is 0.0517. The van der Waals surface area contributed by atoms with E-state index in [9.17, 15) is 0 Å². The maximum absolute atomic E-state index is 2.38. The fraction of sp³-hybridized carbons (Fsp3) is 0.143. The third-order valence-corrected chi connectivity index (χ3v) is 5.89. The summed E-state index contributed by atoms with van der Waals surface area (Å²) in [5, 5.41) is 0. The average molecular weight is 411 g/mol. The van der Waals surface area contributed by atoms with Crippen LogP contribution in [0.5, 0.6) is 0 Å². The number of nitrogens with zero attached hydrogens (tertiary/aromatic N) is 1. The van der Waals surface area contributed by atoms with Crippen molar-refractivity contribution < 1.29 is 0 Å². The van der Waals surface area contributed by atoms with Gasteiger partial charge in [0.05, 0.1) is 34.2 Å². The molecule has 0 radical (unpaired) electrons. The molecule has 3 aromatic carbocycles. The third-order valence-electron chi connectivity index (χ3n) is 4.78. The van der Waals surface area contributed by atoms with Crippen LogP contribution in [0.2, 0.25) is 0 Å². The summed E-state index contributed by atoms with van der Waals surface area (Å²) < 4.78 is 2.22. The van der Waals surface area contributed by atoms with Crippen molar-refractivity contribution in [2.75, 3.05) is 3.11 Å². The van der Waals surface area contributed by atoms with Crippen LogP contribution in [0.3, 0.4) is 0 Å². The van der Waals surface area contributed by atoms with Crippen molar-refractivity contribution in [3.63, 3.8) is 0 Å². The topological polar surface area (TPSA) is 3.24 Å². The fourth-order valence-electron chi connectivity index (χ4n) is 3.52. The summed E-state index contributed by atoms with van der Waals surface area (Å²) in [5.74, 6) is 0. The standard InChI is InChI=1S/C21H18IN/c1-21(2)19-11-7-6-10-17(19)18-13-12-16(14-20(18)21)23(22)15-8-4-3-5-9-15/h3-14H,1-2H3. The molecule has 0 spiro atoms. The van der Waals surface area contributed by atoms with Gasteiger partial charge in [-0.3, -0.25) is 3.11 Å². The molecule has 0 heterocycles. The van der Waals surface area contributed by atoms with E-state index in [0.717, 1.165) is 0 Å². The third kappa shape index (κ3) is 2.27. The van der Waals surface area contributed by atoms with Gasteiger partial charge in [0.15, 0.2) is 0 Å². The Hall–Kier alpha value is -1.81. The number of fused-ring (bicyclic) bond motifs is 3. The van der Waals surface area contributed by atoms with Gasteiger partial charge in [0.1, 0.15) is 0 Å². The van der Waals surface area contributed by atoms with Crippen LogP contribution in [0.1, 0.15) is 25.0 Å². The van der Waals surface area contributed by atoms with Crippen LogP contribution < -0.4 is 3.11 Å². The number of rotatable bonds is 2. The highest BCUT2D eigenvalue weighted by atomic mass is 127. The molecule has 0 bridgehead atoms. The number of anilines is 2. The van der Waals surface area contributed by atoms with Gasteiger partial charge in [0, 0.05) is 5.41 Å². The van der Waals surface area contributed by atoms with E-state index in [-0.39, 0.29) is 5.41 Å². The van der Waals surface area contributed by atoms with Crippen molar-refractivity contribution in [1.82, 2.24) is 0 Å². The number of benzene rings is 3. The summed E-state index contributed by atoms with van der Waals surface area (Å²) in [6, 6.07) is 26.1. The molecule has 1 aliphatic rings. The van der Waals surface area contributed by atoms with E-state index in [4.69, 9.17) is 0 Å². The second-order valence-corrected chi connectivity index (χ2v) is 7.48. The van der Waals surface area contributed by atoms with Crippen LogP contribution in [0.4, 0.5) is 11.4 Å². The van der Waals surface area contributed by atoms with Gasteiger partial charge in [0.2, 0.25) is 0 Å². The quantitative estimate of drug-likeness (QED) is 0.345. The Morgan fingerprint density at radius 1 is 0.696 bits per heavy atom. The molecular formula is C21H18IN. The van der Waals surface area contributed by atoms with Gasteiger partial charge >= 0.3 is 0 Å². The summed E-state index contributed by atoms with van der Waals surface area (Å²) >= 11 is 2.38. The largest absolute Gasteiger partial charge is 0.283 e. The van der Waals surface area contributed by atoms with E-state index in [1.54, 1.807) is 0 Å². The average Bonchev–Trinajstić information content (AvgIpc) is 2.83. The number of para-hydroxylation sites is 1. The molecule has 0 atom stereocenters. The van der Waals surface area contributed by atoms with Gasteiger partial charge in [-0.15, -0.1) is 0 Å². The van der Waals surface area contributed by atoms with Crippen molar-refractivity contribution in [2.24, 2.45) is 0 Å². The highest BCUT2D eigenvalue weighted by Crippen LogP contribution is 2.50. The zero-order valence-corrected chi connectivity index (χ0v) is 15.4. The first kappa shape index (κ1) is 14.8. The zero-order valence-electron chi connectivity index (χ0n) is 13.3. The Bertz CT molecular complexity index is 868. The smallest absolute Gasteiger partial charge is 0.0646 e. The van der Waals surface area contributed by atoms with Crippen molar-refractivity contribution >= 4 is 34.2 Å². The maximum atomic E-state index is 2.38. The Morgan fingerprint density at radius 3 is 2.13 bits per heavy atom. The van der Waals surface area contributed by atoms with Crippen molar-refractivity contribution in [1.29, 1.82) is 0 Å². The Morgan fingerprint density at radius 2 is 1.35 bits per heavy atom. The van der Waals surface area contributed by atoms with Crippen molar-refractivity contribution in [2.45, 2.75) is 19.3 Å². The van der Waals surface area contributed by atoms with Gasteiger partial charge < -0.3 is 0 Å². The van der Waals surface area contributed by atoms with Crippen LogP contribution in [-0.4, -0.2) is 0 Å². The summed E-state index contributed by atoms with van der Waals surface area (Å²) in [5.41, 5.74) is 8.04. The second-order valence-electron chi connectivity index (χ2n) is 6.52. The predicted octanol–water partition coefficient (Wildman–Crippen LogP) is 6.48. The van der Waals surface area contributed by atoms with Crippen molar-refractivity contribution in [3.8, 4) is 11.1 Å². The van der Waals surface area contributed by atoms with Gasteiger partial charge in [-0.2, -0.15) is 0 Å². The normalized spacial score (nSPS) is 14.2. The zero-order chi connectivity index (χ0) is 16.0. The molecule has 0 saturated heterocycles. The van der Waals surface area contributed by atoms with Gasteiger partial charge in [-0.25, -0.2) is 0 Å². The minimum Gasteiger partial charge on any atom is -0.283 e. The lowest BCUT2D eigenvalue weighted by Gasteiger charge is -2.23. The first-order valence-electron chi connectivity index (χ1n) is 7.84. The number of halogens is 1. The molecule has 0 aromatic heterocycles. The summed E-state index contributed by atoms with van der Waals surface area (Å²) in [6.07, 6.45) is 0. The van der Waals surface area contributed by atoms with Crippen LogP contribution in [-0.2, 0) is 5.41 Å². The number of hydrogen-bond donors (Lipinski definition) is 0. The lowest BCUT2D eigenvalue weighted by molar-refractivity contribution is 0.660. The summed E-state index contributed by atoms with van der Waals surface area (Å²) in [6.45, 7) is 4.64. The molecule has 0 aliphatic heterocycles. The van der Waals surface area contributed by atoms with Crippen LogP contribution >= 0.6 is 22.9 Å². The first-order valence-corrected chi connectivity index (χ1v) is 8.81. The Balaban J connectivity index is 1.83. The van der Waals surface area contributed by atoms with E-state index in [1.165, 1.54) is 33.6 Å². The monoisotopic (exact) mass is 411 g/mol. The Kier molecular flexibility index (Phi) is 3.45. The second kappa shape index (κ2) is 5.38. The van der Waals surface area contributed by atoms with E-state index in [1.807, 2.05) is 0 Å². The predicted molar refractivity (Wildman–Crippen MR) is 107 cm³/mol. The van der Waals surface area contributed by atoms with Crippen LogP contribution in [0, 0.1) is 0 Å². The molecule has 0 amide bonds. The molecule has 23 heavy (non-hydrogen) atoms. The van der Waals surface area contributed by atoms with Crippen LogP contribution in [0.25, 0.3) is 11.1 Å². The minimum absolute atomic E-state index is 0.0517. The fourth-order valence-corrected chi connectivity index (χ4v) is 4.14. The van der Waals surface area contributed by atoms with E-state index >= 15 is 0 Å². The van der Waals surface area contributed by atoms with Crippen LogP contribution in [0.15, 0.2) is 72.8 Å². The molecule has 1 aliphatic carbocycles. The molecule has 3 aromatic rings. The highest BCUT2D eigenvalue weighted by molar-refractivity contribution is 14.1.